The second kappa shape index (κ2) is 6.48. The lowest BCUT2D eigenvalue weighted by Crippen LogP contribution is -2.49. The van der Waals surface area contributed by atoms with E-state index in [1.54, 1.807) is 6.20 Å². The Morgan fingerprint density at radius 1 is 1.19 bits per heavy atom. The summed E-state index contributed by atoms with van der Waals surface area (Å²) in [6.45, 7) is 9.62. The summed E-state index contributed by atoms with van der Waals surface area (Å²) in [4.78, 5) is 21.4. The second-order valence-corrected chi connectivity index (χ2v) is 6.60. The number of carbonyl (C=O) groups excluding carboxylic acids is 1. The van der Waals surface area contributed by atoms with Gasteiger partial charge in [-0.1, -0.05) is 6.07 Å². The first-order chi connectivity index (χ1) is 12.6. The number of aromatic nitrogens is 3. The number of anilines is 1. The molecule has 0 atom stereocenters. The van der Waals surface area contributed by atoms with Crippen molar-refractivity contribution < 1.29 is 9.21 Å². The Balaban J connectivity index is 1.52. The number of nitrogens with zero attached hydrogens (tertiary/aromatic N) is 5. The maximum atomic E-state index is 13.0. The van der Waals surface area contributed by atoms with Crippen LogP contribution >= 0.6 is 0 Å². The van der Waals surface area contributed by atoms with Crippen LogP contribution in [0.15, 0.2) is 28.8 Å². The molecule has 7 heteroatoms. The van der Waals surface area contributed by atoms with Crippen LogP contribution < -0.4 is 4.90 Å². The highest BCUT2D eigenvalue weighted by Crippen LogP contribution is 2.29. The Morgan fingerprint density at radius 2 is 1.96 bits per heavy atom. The molecule has 0 saturated carbocycles. The van der Waals surface area contributed by atoms with Crippen LogP contribution in [0.4, 0.5) is 5.82 Å². The van der Waals surface area contributed by atoms with Gasteiger partial charge in [0.1, 0.15) is 5.82 Å². The molecule has 26 heavy (non-hydrogen) atoms. The molecule has 136 valence electrons. The van der Waals surface area contributed by atoms with Crippen molar-refractivity contribution in [1.82, 2.24) is 19.7 Å². The molecule has 1 aliphatic heterocycles. The number of carbonyl (C=O) groups is 1. The molecule has 3 aromatic rings. The van der Waals surface area contributed by atoms with Crippen molar-refractivity contribution in [2.75, 3.05) is 31.1 Å². The summed E-state index contributed by atoms with van der Waals surface area (Å²) in [5, 5.41) is 5.41. The normalized spacial score (nSPS) is 15.0. The Hall–Kier alpha value is -2.83. The third-order valence-corrected chi connectivity index (χ3v) is 5.12. The first-order valence-corrected chi connectivity index (χ1v) is 9.02. The highest BCUT2D eigenvalue weighted by atomic mass is 16.4. The molecule has 3 aromatic heterocycles. The fraction of sp³-hybridized carbons (Fsp3) is 0.421. The molecule has 0 radical (unpaired) electrons. The number of hydrogen-bond donors (Lipinski definition) is 0. The maximum absolute atomic E-state index is 13.0. The fourth-order valence-electron chi connectivity index (χ4n) is 3.64. The Labute approximate surface area is 152 Å². The van der Waals surface area contributed by atoms with Crippen molar-refractivity contribution in [3.8, 4) is 0 Å². The molecular formula is C19H23N5O2. The minimum Gasteiger partial charge on any atom is -0.431 e. The van der Waals surface area contributed by atoms with E-state index in [-0.39, 0.29) is 5.91 Å². The van der Waals surface area contributed by atoms with Crippen molar-refractivity contribution in [2.45, 2.75) is 27.3 Å². The van der Waals surface area contributed by atoms with Crippen molar-refractivity contribution in [3.05, 3.63) is 41.4 Å². The third kappa shape index (κ3) is 2.64. The summed E-state index contributed by atoms with van der Waals surface area (Å²) in [5.41, 5.74) is 2.48. The van der Waals surface area contributed by atoms with Crippen molar-refractivity contribution in [3.63, 3.8) is 0 Å². The zero-order chi connectivity index (χ0) is 18.3. The number of rotatable bonds is 3. The van der Waals surface area contributed by atoms with Crippen LogP contribution in [0, 0.1) is 13.8 Å². The second-order valence-electron chi connectivity index (χ2n) is 6.60. The van der Waals surface area contributed by atoms with Gasteiger partial charge >= 0.3 is 0 Å². The highest BCUT2D eigenvalue weighted by molar-refractivity contribution is 5.99. The molecule has 1 saturated heterocycles. The number of pyridine rings is 1. The lowest BCUT2D eigenvalue weighted by molar-refractivity contribution is 0.0715. The van der Waals surface area contributed by atoms with E-state index in [4.69, 9.17) is 4.42 Å². The molecule has 0 aromatic carbocycles. The Bertz CT molecular complexity index is 936. The van der Waals surface area contributed by atoms with Crippen LogP contribution in [-0.4, -0.2) is 51.8 Å². The number of hydrogen-bond acceptors (Lipinski definition) is 5. The molecule has 0 bridgehead atoms. The first-order valence-electron chi connectivity index (χ1n) is 9.02. The van der Waals surface area contributed by atoms with Crippen molar-refractivity contribution in [1.29, 1.82) is 0 Å². The maximum Gasteiger partial charge on any atom is 0.290 e. The highest BCUT2D eigenvalue weighted by Gasteiger charge is 2.28. The summed E-state index contributed by atoms with van der Waals surface area (Å²) >= 11 is 0. The van der Waals surface area contributed by atoms with E-state index in [0.717, 1.165) is 42.1 Å². The Morgan fingerprint density at radius 3 is 2.58 bits per heavy atom. The molecule has 0 N–H and O–H groups in total. The van der Waals surface area contributed by atoms with Gasteiger partial charge in [-0.15, -0.1) is 5.10 Å². The summed E-state index contributed by atoms with van der Waals surface area (Å²) in [6.07, 6.45) is 1.79. The lowest BCUT2D eigenvalue weighted by Gasteiger charge is -2.35. The fourth-order valence-corrected chi connectivity index (χ4v) is 3.64. The van der Waals surface area contributed by atoms with Crippen LogP contribution in [0.2, 0.25) is 0 Å². The van der Waals surface area contributed by atoms with E-state index in [9.17, 15) is 4.79 Å². The standard InChI is InChI=1S/C19H23N5O2/c1-4-24-14(3)16-13(2)17(26-18(16)21-24)19(25)23-11-9-22(10-12-23)15-7-5-6-8-20-15/h5-8H,4,9-12H2,1-3H3. The van der Waals surface area contributed by atoms with Crippen LogP contribution in [-0.2, 0) is 6.54 Å². The van der Waals surface area contributed by atoms with E-state index in [1.165, 1.54) is 0 Å². The van der Waals surface area contributed by atoms with E-state index in [2.05, 4.69) is 15.0 Å². The molecule has 1 amide bonds. The number of piperazine rings is 1. The summed E-state index contributed by atoms with van der Waals surface area (Å²) in [6, 6.07) is 5.89. The van der Waals surface area contributed by atoms with Crippen LogP contribution in [0.3, 0.4) is 0 Å². The monoisotopic (exact) mass is 353 g/mol. The van der Waals surface area contributed by atoms with Gasteiger partial charge in [-0.2, -0.15) is 0 Å². The average Bonchev–Trinajstić information content (AvgIpc) is 3.18. The molecule has 0 spiro atoms. The van der Waals surface area contributed by atoms with Gasteiger partial charge in [0, 0.05) is 50.2 Å². The molecule has 1 aliphatic rings. The smallest absolute Gasteiger partial charge is 0.290 e. The summed E-state index contributed by atoms with van der Waals surface area (Å²) in [7, 11) is 0. The molecule has 4 rings (SSSR count). The van der Waals surface area contributed by atoms with Gasteiger partial charge in [-0.05, 0) is 32.9 Å². The topological polar surface area (TPSA) is 67.4 Å². The number of aryl methyl sites for hydroxylation is 3. The summed E-state index contributed by atoms with van der Waals surface area (Å²) in [5.74, 6) is 1.32. The van der Waals surface area contributed by atoms with Gasteiger partial charge in [-0.25, -0.2) is 4.98 Å². The van der Waals surface area contributed by atoms with Gasteiger partial charge in [0.05, 0.1) is 5.39 Å². The van der Waals surface area contributed by atoms with E-state index in [1.807, 2.05) is 48.6 Å². The van der Waals surface area contributed by atoms with E-state index >= 15 is 0 Å². The quantitative estimate of drug-likeness (QED) is 0.724. The minimum absolute atomic E-state index is 0.0522. The molecule has 0 aliphatic carbocycles. The van der Waals surface area contributed by atoms with Crippen LogP contribution in [0.5, 0.6) is 0 Å². The van der Waals surface area contributed by atoms with Gasteiger partial charge in [0.2, 0.25) is 5.71 Å². The molecule has 1 fully saturated rings. The largest absolute Gasteiger partial charge is 0.431 e. The zero-order valence-corrected chi connectivity index (χ0v) is 15.4. The zero-order valence-electron chi connectivity index (χ0n) is 15.4. The third-order valence-electron chi connectivity index (χ3n) is 5.12. The van der Waals surface area contributed by atoms with Crippen LogP contribution in [0.1, 0.15) is 28.7 Å². The van der Waals surface area contributed by atoms with Crippen molar-refractivity contribution >= 4 is 22.8 Å². The van der Waals surface area contributed by atoms with Gasteiger partial charge in [0.25, 0.3) is 5.91 Å². The van der Waals surface area contributed by atoms with Gasteiger partial charge in [0.15, 0.2) is 5.76 Å². The summed E-state index contributed by atoms with van der Waals surface area (Å²) < 4.78 is 7.74. The molecule has 7 nitrogen and oxygen atoms in total. The van der Waals surface area contributed by atoms with E-state index in [0.29, 0.717) is 24.6 Å². The number of amides is 1. The average molecular weight is 353 g/mol. The number of fused-ring (bicyclic) bond motifs is 1. The minimum atomic E-state index is -0.0522. The lowest BCUT2D eigenvalue weighted by atomic mass is 10.1. The van der Waals surface area contributed by atoms with Gasteiger partial charge in [-0.3, -0.25) is 9.48 Å². The van der Waals surface area contributed by atoms with Gasteiger partial charge < -0.3 is 14.2 Å². The molecule has 4 heterocycles. The SMILES string of the molecule is CCn1nc2oc(C(=O)N3CCN(c4ccccn4)CC3)c(C)c2c1C. The first kappa shape index (κ1) is 16.6. The molecule has 0 unspecified atom stereocenters. The molecular weight excluding hydrogens is 330 g/mol. The van der Waals surface area contributed by atoms with Crippen LogP contribution in [0.25, 0.3) is 11.1 Å². The Kier molecular flexibility index (Phi) is 4.14. The predicted molar refractivity (Wildman–Crippen MR) is 99.5 cm³/mol. The number of furan rings is 1. The van der Waals surface area contributed by atoms with Crippen molar-refractivity contribution in [2.24, 2.45) is 0 Å². The van der Waals surface area contributed by atoms with E-state index < -0.39 is 0 Å². The predicted octanol–water partition coefficient (Wildman–Crippen LogP) is 2.62.